The molecule has 0 amide bonds. The Labute approximate surface area is 155 Å². The van der Waals surface area contributed by atoms with Gasteiger partial charge in [0.25, 0.3) is 0 Å². The van der Waals surface area contributed by atoms with Gasteiger partial charge in [0.1, 0.15) is 11.9 Å². The zero-order valence-electron chi connectivity index (χ0n) is 14.3. The third-order valence-corrected chi connectivity index (χ3v) is 4.41. The number of hydrogen-bond acceptors (Lipinski definition) is 6. The second kappa shape index (κ2) is 7.76. The Morgan fingerprint density at radius 2 is 2.00 bits per heavy atom. The van der Waals surface area contributed by atoms with Crippen LogP contribution in [0.5, 0.6) is 0 Å². The fourth-order valence-corrected chi connectivity index (χ4v) is 3.17. The summed E-state index contributed by atoms with van der Waals surface area (Å²) in [5.74, 6) is -0.442. The molecule has 0 spiro atoms. The number of anilines is 2. The Kier molecular flexibility index (Phi) is 5.25. The van der Waals surface area contributed by atoms with Gasteiger partial charge in [0.2, 0.25) is 5.13 Å². The first kappa shape index (κ1) is 17.6. The molecule has 0 atom stereocenters. The van der Waals surface area contributed by atoms with Gasteiger partial charge in [-0.3, -0.25) is 5.43 Å². The Balaban J connectivity index is 1.82. The van der Waals surface area contributed by atoms with Crippen LogP contribution in [0.25, 0.3) is 11.3 Å². The molecule has 0 saturated carbocycles. The molecular formula is C19H16FN5S. The lowest BCUT2D eigenvalue weighted by atomic mass is 10.1. The fourth-order valence-electron chi connectivity index (χ4n) is 2.50. The number of nitriles is 1. The summed E-state index contributed by atoms with van der Waals surface area (Å²) in [5, 5.41) is 15.9. The van der Waals surface area contributed by atoms with Gasteiger partial charge in [-0.2, -0.15) is 10.4 Å². The van der Waals surface area contributed by atoms with Crippen molar-refractivity contribution in [1.29, 1.82) is 5.26 Å². The topological polar surface area (TPSA) is 64.3 Å². The molecule has 0 radical (unpaired) electrons. The van der Waals surface area contributed by atoms with E-state index in [-0.39, 0.29) is 5.56 Å². The van der Waals surface area contributed by atoms with E-state index in [1.54, 1.807) is 19.0 Å². The van der Waals surface area contributed by atoms with E-state index in [0.717, 1.165) is 11.3 Å². The molecule has 0 aliphatic rings. The minimum Gasteiger partial charge on any atom is -0.376 e. The predicted molar refractivity (Wildman–Crippen MR) is 104 cm³/mol. The number of benzene rings is 2. The molecule has 1 N–H and O–H groups in total. The van der Waals surface area contributed by atoms with Gasteiger partial charge in [-0.15, -0.1) is 11.3 Å². The zero-order valence-corrected chi connectivity index (χ0v) is 15.1. The first-order valence-corrected chi connectivity index (χ1v) is 8.68. The number of halogens is 1. The normalized spacial score (nSPS) is 10.7. The molecule has 5 nitrogen and oxygen atoms in total. The van der Waals surface area contributed by atoms with Crippen LogP contribution in [0.15, 0.2) is 52.9 Å². The Bertz CT molecular complexity index is 973. The molecule has 1 heterocycles. The van der Waals surface area contributed by atoms with Gasteiger partial charge in [-0.1, -0.05) is 30.3 Å². The Morgan fingerprint density at radius 3 is 2.69 bits per heavy atom. The Morgan fingerprint density at radius 1 is 1.23 bits per heavy atom. The summed E-state index contributed by atoms with van der Waals surface area (Å²) in [4.78, 5) is 6.16. The van der Waals surface area contributed by atoms with E-state index >= 15 is 0 Å². The van der Waals surface area contributed by atoms with Gasteiger partial charge in [0, 0.05) is 25.0 Å². The minimum atomic E-state index is -0.442. The van der Waals surface area contributed by atoms with Gasteiger partial charge in [-0.25, -0.2) is 9.37 Å². The van der Waals surface area contributed by atoms with Crippen LogP contribution < -0.4 is 10.3 Å². The zero-order chi connectivity index (χ0) is 18.5. The van der Waals surface area contributed by atoms with Crippen LogP contribution in [0.4, 0.5) is 15.2 Å². The number of nitrogens with zero attached hydrogens (tertiary/aromatic N) is 4. The predicted octanol–water partition coefficient (Wildman–Crippen LogP) is 4.33. The van der Waals surface area contributed by atoms with Crippen molar-refractivity contribution in [3.05, 3.63) is 64.8 Å². The van der Waals surface area contributed by atoms with E-state index in [1.165, 1.54) is 29.7 Å². The monoisotopic (exact) mass is 365 g/mol. The van der Waals surface area contributed by atoms with Crippen molar-refractivity contribution >= 4 is 28.4 Å². The van der Waals surface area contributed by atoms with Crippen molar-refractivity contribution in [1.82, 2.24) is 4.98 Å². The Hall–Kier alpha value is -3.24. The summed E-state index contributed by atoms with van der Waals surface area (Å²) >= 11 is 1.41. The van der Waals surface area contributed by atoms with Crippen LogP contribution in [-0.4, -0.2) is 25.3 Å². The molecule has 0 aliphatic heterocycles. The van der Waals surface area contributed by atoms with Crippen molar-refractivity contribution in [2.24, 2.45) is 5.10 Å². The van der Waals surface area contributed by atoms with Crippen molar-refractivity contribution in [2.75, 3.05) is 24.4 Å². The quantitative estimate of drug-likeness (QED) is 0.540. The number of hydrogen-bond donors (Lipinski definition) is 1. The lowest BCUT2D eigenvalue weighted by molar-refractivity contribution is 0.625. The molecule has 2 aromatic carbocycles. The summed E-state index contributed by atoms with van der Waals surface area (Å²) in [6.45, 7) is 0. The highest BCUT2D eigenvalue weighted by atomic mass is 32.1. The molecule has 0 aliphatic carbocycles. The van der Waals surface area contributed by atoms with E-state index in [4.69, 9.17) is 0 Å². The third-order valence-electron chi connectivity index (χ3n) is 3.66. The maximum Gasteiger partial charge on any atom is 0.203 e. The highest BCUT2D eigenvalue weighted by Crippen LogP contribution is 2.26. The summed E-state index contributed by atoms with van der Waals surface area (Å²) in [5.41, 5.74) is 5.81. The highest BCUT2D eigenvalue weighted by molar-refractivity contribution is 7.14. The second-order valence-electron chi connectivity index (χ2n) is 5.64. The van der Waals surface area contributed by atoms with Gasteiger partial charge in [0.05, 0.1) is 28.7 Å². The van der Waals surface area contributed by atoms with Crippen LogP contribution >= 0.6 is 11.3 Å². The second-order valence-corrected chi connectivity index (χ2v) is 6.50. The van der Waals surface area contributed by atoms with Gasteiger partial charge in [0.15, 0.2) is 0 Å². The summed E-state index contributed by atoms with van der Waals surface area (Å²) in [7, 11) is 3.51. The van der Waals surface area contributed by atoms with E-state index in [9.17, 15) is 9.65 Å². The molecule has 0 fully saturated rings. The number of nitrogens with one attached hydrogen (secondary N) is 1. The average Bonchev–Trinajstić information content (AvgIpc) is 3.12. The van der Waals surface area contributed by atoms with E-state index in [1.807, 2.05) is 35.7 Å². The number of thiazole rings is 1. The molecule has 7 heteroatoms. The molecule has 26 heavy (non-hydrogen) atoms. The first-order chi connectivity index (χ1) is 12.6. The average molecular weight is 365 g/mol. The standard InChI is InChI=1S/C19H16FN5S/c1-25(2)18-14(10-21)8-9-16(20)15(18)11-22-24-19-23-17(12-26-19)13-6-4-3-5-7-13/h3-9,11-12H,1-2H3,(H,23,24). The van der Waals surface area contributed by atoms with Crippen molar-refractivity contribution in [3.63, 3.8) is 0 Å². The highest BCUT2D eigenvalue weighted by Gasteiger charge is 2.14. The molecule has 130 valence electrons. The smallest absolute Gasteiger partial charge is 0.203 e. The number of aromatic nitrogens is 1. The van der Waals surface area contributed by atoms with Crippen LogP contribution in [0, 0.1) is 17.1 Å². The van der Waals surface area contributed by atoms with Crippen LogP contribution in [0.3, 0.4) is 0 Å². The lowest BCUT2D eigenvalue weighted by Gasteiger charge is -2.17. The molecule has 0 saturated heterocycles. The lowest BCUT2D eigenvalue weighted by Crippen LogP contribution is -2.14. The maximum absolute atomic E-state index is 14.2. The first-order valence-electron chi connectivity index (χ1n) is 7.80. The molecule has 3 aromatic rings. The van der Waals surface area contributed by atoms with Crippen molar-refractivity contribution in [2.45, 2.75) is 0 Å². The molecule has 0 bridgehead atoms. The fraction of sp³-hybridized carbons (Fsp3) is 0.105. The number of rotatable bonds is 5. The molecule has 0 unspecified atom stereocenters. The SMILES string of the molecule is CN(C)c1c(C#N)ccc(F)c1C=NNc1nc(-c2ccccc2)cs1. The van der Waals surface area contributed by atoms with E-state index in [2.05, 4.69) is 21.6 Å². The largest absolute Gasteiger partial charge is 0.376 e. The van der Waals surface area contributed by atoms with Gasteiger partial charge in [-0.05, 0) is 12.1 Å². The van der Waals surface area contributed by atoms with E-state index in [0.29, 0.717) is 16.4 Å². The maximum atomic E-state index is 14.2. The van der Waals surface area contributed by atoms with Crippen molar-refractivity contribution < 1.29 is 4.39 Å². The molecule has 3 rings (SSSR count). The van der Waals surface area contributed by atoms with Crippen LogP contribution in [0.2, 0.25) is 0 Å². The van der Waals surface area contributed by atoms with Gasteiger partial charge >= 0.3 is 0 Å². The summed E-state index contributed by atoms with van der Waals surface area (Å²) < 4.78 is 14.2. The van der Waals surface area contributed by atoms with Crippen molar-refractivity contribution in [3.8, 4) is 17.3 Å². The summed E-state index contributed by atoms with van der Waals surface area (Å²) in [6.07, 6.45) is 1.37. The third kappa shape index (κ3) is 3.71. The summed E-state index contributed by atoms with van der Waals surface area (Å²) in [6, 6.07) is 14.6. The number of hydrazone groups is 1. The van der Waals surface area contributed by atoms with E-state index < -0.39 is 5.82 Å². The van der Waals surface area contributed by atoms with Crippen LogP contribution in [0.1, 0.15) is 11.1 Å². The van der Waals surface area contributed by atoms with Crippen LogP contribution in [-0.2, 0) is 0 Å². The van der Waals surface area contributed by atoms with Gasteiger partial charge < -0.3 is 4.90 Å². The molecule has 1 aromatic heterocycles. The minimum absolute atomic E-state index is 0.251. The molecular weight excluding hydrogens is 349 g/mol.